The Morgan fingerprint density at radius 3 is 2.20 bits per heavy atom. The first-order valence-electron chi connectivity index (χ1n) is 4.69. The second kappa shape index (κ2) is 10.7. The van der Waals surface area contributed by atoms with Crippen LogP contribution in [0.15, 0.2) is 0 Å². The second-order valence-corrected chi connectivity index (χ2v) is 65.1. The molecule has 0 aromatic heterocycles. The van der Waals surface area contributed by atoms with Crippen molar-refractivity contribution in [3.05, 3.63) is 6.04 Å². The molecule has 0 spiro atoms. The van der Waals surface area contributed by atoms with Crippen molar-refractivity contribution in [2.75, 3.05) is 0 Å². The van der Waals surface area contributed by atoms with Crippen LogP contribution in [0.5, 0.6) is 0 Å². The molecule has 0 saturated heterocycles. The van der Waals surface area contributed by atoms with Crippen molar-refractivity contribution in [2.24, 2.45) is 0 Å². The molecule has 0 N–H and O–H groups in total. The van der Waals surface area contributed by atoms with Crippen LogP contribution in [0.2, 0.25) is 0 Å². The Labute approximate surface area is 82.8 Å². The lowest BCUT2D eigenvalue weighted by Crippen LogP contribution is -2.28. The van der Waals surface area contributed by atoms with Gasteiger partial charge in [-0.25, -0.2) is 0 Å². The highest BCUT2D eigenvalue weighted by Gasteiger charge is 1.91. The van der Waals surface area contributed by atoms with E-state index in [2.05, 4.69) is 13.0 Å². The molecular formula is C2H21Si8. The lowest BCUT2D eigenvalue weighted by Gasteiger charge is -1.93. The van der Waals surface area contributed by atoms with E-state index in [1.54, 1.807) is 9.76 Å². The van der Waals surface area contributed by atoms with Gasteiger partial charge >= 0.3 is 0 Å². The number of hydrogen-bond donors (Lipinski definition) is 0. The fraction of sp³-hybridized carbons (Fsp3) is 0.500. The molecule has 0 aliphatic rings. The van der Waals surface area contributed by atoms with Gasteiger partial charge in [0.1, 0.15) is 0 Å². The van der Waals surface area contributed by atoms with Gasteiger partial charge in [-0.15, -0.1) is 0 Å². The average Bonchev–Trinajstić information content (AvgIpc) is 1.97. The van der Waals surface area contributed by atoms with E-state index in [9.17, 15) is 0 Å². The second-order valence-electron chi connectivity index (χ2n) is 2.96. The third kappa shape index (κ3) is 9.74. The number of hydrogen-bond acceptors (Lipinski definition) is 0. The molecule has 0 amide bonds. The van der Waals surface area contributed by atoms with Crippen molar-refractivity contribution in [2.45, 2.75) is 6.92 Å². The third-order valence-electron chi connectivity index (χ3n) is 1.85. The van der Waals surface area contributed by atoms with Crippen LogP contribution in [-0.2, 0) is 0 Å². The molecule has 0 aliphatic heterocycles. The molecule has 0 saturated carbocycles. The molecule has 8 heteroatoms. The summed E-state index contributed by atoms with van der Waals surface area (Å²) < 4.78 is 0. The van der Waals surface area contributed by atoms with Crippen molar-refractivity contribution >= 4 is 70.1 Å². The van der Waals surface area contributed by atoms with Crippen LogP contribution in [-0.4, -0.2) is 70.1 Å². The highest BCUT2D eigenvalue weighted by Crippen LogP contribution is 1.63. The summed E-state index contributed by atoms with van der Waals surface area (Å²) in [5, 5.41) is 0. The zero-order valence-electron chi connectivity index (χ0n) is 7.53. The van der Waals surface area contributed by atoms with Gasteiger partial charge in [0, 0.05) is 9.04 Å². The maximum Gasteiger partial charge on any atom is 0.00805 e. The summed E-state index contributed by atoms with van der Waals surface area (Å²) in [6, 6.07) is 2.56. The largest absolute Gasteiger partial charge is 0.0658 e. The van der Waals surface area contributed by atoms with E-state index in [0.29, 0.717) is 9.04 Å². The molecule has 0 atom stereocenters. The van der Waals surface area contributed by atoms with E-state index in [0.717, 1.165) is 51.3 Å². The zero-order valence-corrected chi connectivity index (χ0v) is 19.4. The smallest absolute Gasteiger partial charge is 0.00805 e. The van der Waals surface area contributed by atoms with Crippen LogP contribution < -0.4 is 0 Å². The summed E-state index contributed by atoms with van der Waals surface area (Å²) in [5.74, 6) is 0. The quantitative estimate of drug-likeness (QED) is 0.318. The van der Waals surface area contributed by atoms with Crippen LogP contribution in [0.1, 0.15) is 6.92 Å². The molecule has 61 valence electrons. The first-order valence-corrected chi connectivity index (χ1v) is 35.2. The van der Waals surface area contributed by atoms with Crippen LogP contribution in [0.25, 0.3) is 0 Å². The molecule has 0 rings (SSSR count). The first kappa shape index (κ1) is 11.7. The maximum absolute atomic E-state index is 2.56. The Bertz CT molecular complexity index is 47.2. The summed E-state index contributed by atoms with van der Waals surface area (Å²) in [4.78, 5) is 0. The van der Waals surface area contributed by atoms with Gasteiger partial charge in [0.05, 0.1) is 0 Å². The van der Waals surface area contributed by atoms with Crippen molar-refractivity contribution in [3.63, 3.8) is 0 Å². The monoisotopic (exact) mass is 269 g/mol. The lowest BCUT2D eigenvalue weighted by molar-refractivity contribution is 1.71. The van der Waals surface area contributed by atoms with E-state index in [-0.39, 0.29) is 0 Å². The molecule has 0 aliphatic carbocycles. The molecule has 0 unspecified atom stereocenters. The van der Waals surface area contributed by atoms with Gasteiger partial charge in [-0.05, 0) is 61.1 Å². The summed E-state index contributed by atoms with van der Waals surface area (Å²) in [7, 11) is 7.18. The van der Waals surface area contributed by atoms with E-state index in [4.69, 9.17) is 0 Å². The molecule has 0 heterocycles. The molecule has 10 heavy (non-hydrogen) atoms. The van der Waals surface area contributed by atoms with Gasteiger partial charge in [-0.3, -0.25) is 0 Å². The minimum atomic E-state index is 0.555. The van der Waals surface area contributed by atoms with Gasteiger partial charge in [-0.2, -0.15) is 0 Å². The topological polar surface area (TPSA) is 0 Å². The molecule has 0 aromatic rings. The van der Waals surface area contributed by atoms with Gasteiger partial charge in [0.15, 0.2) is 0 Å². The van der Waals surface area contributed by atoms with Crippen molar-refractivity contribution in [1.82, 2.24) is 0 Å². The minimum Gasteiger partial charge on any atom is -0.0658 e. The molecule has 0 aromatic carbocycles. The summed E-state index contributed by atoms with van der Waals surface area (Å²) in [6.45, 7) is 2.31. The Kier molecular flexibility index (Phi) is 12.6. The van der Waals surface area contributed by atoms with Crippen LogP contribution >= 0.6 is 0 Å². The summed E-state index contributed by atoms with van der Waals surface area (Å²) in [6.07, 6.45) is 0. The lowest BCUT2D eigenvalue weighted by atomic mass is 11.0. The average molecular weight is 270 g/mol. The molecule has 1 radical (unpaired) electrons. The standard InChI is InChI=1S/C2H21Si8/c1-2-4-6-8-10-9-7-5-3/h2H,4-10H2,1,3H3. The zero-order chi connectivity index (χ0) is 7.66. The Balaban J connectivity index is 2.65. The van der Waals surface area contributed by atoms with Crippen LogP contribution in [0.4, 0.5) is 0 Å². The highest BCUT2D eigenvalue weighted by molar-refractivity contribution is 7.65. The SMILES string of the molecule is C[CH][SiH2][SiH2][SiH2][SiH2][SiH2][SiH2][SiH2][SiH3]. The van der Waals surface area contributed by atoms with Gasteiger partial charge in [0.2, 0.25) is 0 Å². The van der Waals surface area contributed by atoms with E-state index >= 15 is 0 Å². The van der Waals surface area contributed by atoms with Crippen LogP contribution in [0.3, 0.4) is 0 Å². The molecule has 0 fully saturated rings. The van der Waals surface area contributed by atoms with Crippen molar-refractivity contribution in [3.8, 4) is 0 Å². The highest BCUT2D eigenvalue weighted by atomic mass is 30.0. The van der Waals surface area contributed by atoms with E-state index in [1.165, 1.54) is 0 Å². The molecular weight excluding hydrogens is 249 g/mol. The van der Waals surface area contributed by atoms with Gasteiger partial charge in [0.25, 0.3) is 0 Å². The Morgan fingerprint density at radius 1 is 1.00 bits per heavy atom. The third-order valence-corrected chi connectivity index (χ3v) is 118. The van der Waals surface area contributed by atoms with Crippen LogP contribution in [0, 0.1) is 6.04 Å². The summed E-state index contributed by atoms with van der Waals surface area (Å²) in [5.41, 5.74) is 0. The van der Waals surface area contributed by atoms with E-state index in [1.807, 2.05) is 0 Å². The van der Waals surface area contributed by atoms with Crippen molar-refractivity contribution < 1.29 is 0 Å². The normalized spacial score (nSPS) is 18.9. The molecule has 0 nitrogen and oxygen atoms in total. The Morgan fingerprint density at radius 2 is 1.60 bits per heavy atom. The van der Waals surface area contributed by atoms with E-state index < -0.39 is 0 Å². The Hall–Kier alpha value is 1.74. The van der Waals surface area contributed by atoms with Crippen molar-refractivity contribution in [1.29, 1.82) is 0 Å². The fourth-order valence-corrected chi connectivity index (χ4v) is 207. The first-order chi connectivity index (χ1) is 4.91. The predicted molar refractivity (Wildman–Crippen MR) is 79.7 cm³/mol. The summed E-state index contributed by atoms with van der Waals surface area (Å²) >= 11 is 0. The predicted octanol–water partition coefficient (Wildman–Crippen LogP) is -6.88. The van der Waals surface area contributed by atoms with Gasteiger partial charge < -0.3 is 0 Å². The fourth-order valence-electron chi connectivity index (χ4n) is 1.13. The minimum absolute atomic E-state index is 0.555. The number of rotatable bonds is 7. The van der Waals surface area contributed by atoms with Gasteiger partial charge in [-0.1, -0.05) is 13.0 Å². The molecule has 0 bridgehead atoms. The maximum atomic E-state index is 2.56.